The predicted octanol–water partition coefficient (Wildman–Crippen LogP) is 2.15. The van der Waals surface area contributed by atoms with E-state index in [4.69, 9.17) is 0 Å². The van der Waals surface area contributed by atoms with Crippen molar-refractivity contribution in [2.45, 2.75) is 32.0 Å². The third kappa shape index (κ3) is 4.49. The summed E-state index contributed by atoms with van der Waals surface area (Å²) in [5.41, 5.74) is 0.371. The van der Waals surface area contributed by atoms with E-state index in [2.05, 4.69) is 10.2 Å². The van der Waals surface area contributed by atoms with Crippen molar-refractivity contribution in [3.05, 3.63) is 39.9 Å². The molecular weight excluding hydrogens is 289 g/mol. The van der Waals surface area contributed by atoms with E-state index in [1.807, 2.05) is 0 Å². The number of piperidine rings is 1. The lowest BCUT2D eigenvalue weighted by molar-refractivity contribution is -0.384. The third-order valence-electron chi connectivity index (χ3n) is 3.77. The molecule has 1 aromatic carbocycles. The number of hydrogen-bond donors (Lipinski definition) is 1. The van der Waals surface area contributed by atoms with Gasteiger partial charge < -0.3 is 10.2 Å². The molecule has 0 radical (unpaired) electrons. The van der Waals surface area contributed by atoms with Crippen LogP contribution in [0.15, 0.2) is 24.3 Å². The SMILES string of the molecule is CC(F)CN1CCC(NC(=O)c2ccc([N+](=O)[O-])cc2)CC1. The molecule has 6 nitrogen and oxygen atoms in total. The van der Waals surface area contributed by atoms with Crippen molar-refractivity contribution in [3.8, 4) is 0 Å². The Labute approximate surface area is 128 Å². The average molecular weight is 309 g/mol. The van der Waals surface area contributed by atoms with E-state index in [-0.39, 0.29) is 17.6 Å². The molecule has 1 saturated heterocycles. The Balaban J connectivity index is 1.84. The van der Waals surface area contributed by atoms with Gasteiger partial charge in [0.15, 0.2) is 0 Å². The number of nitro benzene ring substituents is 1. The highest BCUT2D eigenvalue weighted by Crippen LogP contribution is 2.14. The first-order valence-electron chi connectivity index (χ1n) is 7.37. The first-order valence-corrected chi connectivity index (χ1v) is 7.37. The molecule has 1 amide bonds. The topological polar surface area (TPSA) is 75.5 Å². The maximum absolute atomic E-state index is 12.9. The maximum atomic E-state index is 12.9. The molecule has 1 heterocycles. The summed E-state index contributed by atoms with van der Waals surface area (Å²) in [6.07, 6.45) is 0.725. The van der Waals surface area contributed by atoms with Crippen molar-refractivity contribution < 1.29 is 14.1 Å². The van der Waals surface area contributed by atoms with Crippen LogP contribution in [0.2, 0.25) is 0 Å². The summed E-state index contributed by atoms with van der Waals surface area (Å²) >= 11 is 0. The Kier molecular flexibility index (Phi) is 5.43. The zero-order valence-corrected chi connectivity index (χ0v) is 12.5. The van der Waals surface area contributed by atoms with Gasteiger partial charge in [-0.2, -0.15) is 0 Å². The van der Waals surface area contributed by atoms with Crippen molar-refractivity contribution in [3.63, 3.8) is 0 Å². The predicted molar refractivity (Wildman–Crippen MR) is 80.6 cm³/mol. The molecule has 1 aliphatic heterocycles. The Bertz CT molecular complexity index is 525. The van der Waals surface area contributed by atoms with E-state index in [0.29, 0.717) is 12.1 Å². The highest BCUT2D eigenvalue weighted by molar-refractivity contribution is 5.94. The molecule has 0 spiro atoms. The van der Waals surface area contributed by atoms with Crippen LogP contribution in [0.3, 0.4) is 0 Å². The minimum absolute atomic E-state index is 0.0369. The lowest BCUT2D eigenvalue weighted by atomic mass is 10.0. The third-order valence-corrected chi connectivity index (χ3v) is 3.77. The van der Waals surface area contributed by atoms with Gasteiger partial charge in [-0.1, -0.05) is 0 Å². The average Bonchev–Trinajstić information content (AvgIpc) is 2.49. The van der Waals surface area contributed by atoms with E-state index in [9.17, 15) is 19.3 Å². The molecule has 120 valence electrons. The van der Waals surface area contributed by atoms with Crippen molar-refractivity contribution in [1.29, 1.82) is 0 Å². The number of amides is 1. The van der Waals surface area contributed by atoms with Gasteiger partial charge in [-0.05, 0) is 31.9 Å². The van der Waals surface area contributed by atoms with Gasteiger partial charge in [0.2, 0.25) is 0 Å². The Morgan fingerprint density at radius 1 is 1.41 bits per heavy atom. The van der Waals surface area contributed by atoms with Crippen LogP contribution in [-0.2, 0) is 0 Å². The van der Waals surface area contributed by atoms with Crippen molar-refractivity contribution >= 4 is 11.6 Å². The number of alkyl halides is 1. The van der Waals surface area contributed by atoms with Gasteiger partial charge in [0.05, 0.1) is 4.92 Å². The zero-order chi connectivity index (χ0) is 16.1. The molecule has 1 atom stereocenters. The fourth-order valence-corrected chi connectivity index (χ4v) is 2.62. The van der Waals surface area contributed by atoms with Crippen LogP contribution in [0.4, 0.5) is 10.1 Å². The molecule has 1 N–H and O–H groups in total. The van der Waals surface area contributed by atoms with E-state index >= 15 is 0 Å². The highest BCUT2D eigenvalue weighted by atomic mass is 19.1. The second kappa shape index (κ2) is 7.31. The molecule has 7 heteroatoms. The van der Waals surface area contributed by atoms with Gasteiger partial charge >= 0.3 is 0 Å². The Hall–Kier alpha value is -2.02. The van der Waals surface area contributed by atoms with Crippen LogP contribution in [0, 0.1) is 10.1 Å². The van der Waals surface area contributed by atoms with Crippen LogP contribution < -0.4 is 5.32 Å². The van der Waals surface area contributed by atoms with Gasteiger partial charge in [-0.15, -0.1) is 0 Å². The molecule has 0 saturated carbocycles. The van der Waals surface area contributed by atoms with E-state index in [1.165, 1.54) is 24.3 Å². The summed E-state index contributed by atoms with van der Waals surface area (Å²) in [7, 11) is 0. The number of benzene rings is 1. The molecule has 2 rings (SSSR count). The van der Waals surface area contributed by atoms with Gasteiger partial charge in [0, 0.05) is 43.4 Å². The number of carbonyl (C=O) groups is 1. The van der Waals surface area contributed by atoms with Gasteiger partial charge in [-0.25, -0.2) is 4.39 Å². The van der Waals surface area contributed by atoms with Gasteiger partial charge in [-0.3, -0.25) is 14.9 Å². The van der Waals surface area contributed by atoms with E-state index in [0.717, 1.165) is 25.9 Å². The quantitative estimate of drug-likeness (QED) is 0.668. The molecule has 1 aliphatic rings. The lowest BCUT2D eigenvalue weighted by Crippen LogP contribution is -2.45. The normalized spacial score (nSPS) is 17.9. The zero-order valence-electron chi connectivity index (χ0n) is 12.5. The number of nitrogens with one attached hydrogen (secondary N) is 1. The molecule has 0 bridgehead atoms. The molecule has 0 aromatic heterocycles. The Morgan fingerprint density at radius 2 is 2.00 bits per heavy atom. The summed E-state index contributed by atoms with van der Waals surface area (Å²) in [4.78, 5) is 24.2. The number of hydrogen-bond acceptors (Lipinski definition) is 4. The number of non-ortho nitro benzene ring substituents is 1. The first kappa shape index (κ1) is 16.4. The lowest BCUT2D eigenvalue weighted by Gasteiger charge is -2.32. The monoisotopic (exact) mass is 309 g/mol. The summed E-state index contributed by atoms with van der Waals surface area (Å²) in [5, 5.41) is 13.5. The highest BCUT2D eigenvalue weighted by Gasteiger charge is 2.22. The fourth-order valence-electron chi connectivity index (χ4n) is 2.62. The summed E-state index contributed by atoms with van der Waals surface area (Å²) in [6, 6.07) is 5.61. The minimum Gasteiger partial charge on any atom is -0.349 e. The standard InChI is InChI=1S/C15H20FN3O3/c1-11(16)10-18-8-6-13(7-9-18)17-15(20)12-2-4-14(5-3-12)19(21)22/h2-5,11,13H,6-10H2,1H3,(H,17,20). The summed E-state index contributed by atoms with van der Waals surface area (Å²) in [6.45, 7) is 3.50. The number of halogens is 1. The van der Waals surface area contributed by atoms with Crippen LogP contribution in [0.1, 0.15) is 30.1 Å². The Morgan fingerprint density at radius 3 is 2.50 bits per heavy atom. The maximum Gasteiger partial charge on any atom is 0.269 e. The number of carbonyl (C=O) groups excluding carboxylic acids is 1. The fraction of sp³-hybridized carbons (Fsp3) is 0.533. The number of nitrogens with zero attached hydrogens (tertiary/aromatic N) is 2. The first-order chi connectivity index (χ1) is 10.5. The largest absolute Gasteiger partial charge is 0.349 e. The molecule has 0 aliphatic carbocycles. The van der Waals surface area contributed by atoms with Crippen LogP contribution in [0.25, 0.3) is 0 Å². The van der Waals surface area contributed by atoms with Crippen molar-refractivity contribution in [2.75, 3.05) is 19.6 Å². The second-order valence-electron chi connectivity index (χ2n) is 5.63. The number of nitro groups is 1. The molecule has 1 unspecified atom stereocenters. The van der Waals surface area contributed by atoms with E-state index < -0.39 is 11.1 Å². The number of rotatable bonds is 5. The van der Waals surface area contributed by atoms with Gasteiger partial charge in [0.25, 0.3) is 11.6 Å². The molecular formula is C15H20FN3O3. The molecule has 22 heavy (non-hydrogen) atoms. The van der Waals surface area contributed by atoms with Crippen molar-refractivity contribution in [1.82, 2.24) is 10.2 Å². The van der Waals surface area contributed by atoms with Crippen LogP contribution in [0.5, 0.6) is 0 Å². The summed E-state index contributed by atoms with van der Waals surface area (Å²) in [5.74, 6) is -0.229. The molecule has 1 fully saturated rings. The van der Waals surface area contributed by atoms with Crippen molar-refractivity contribution in [2.24, 2.45) is 0 Å². The number of likely N-dealkylation sites (tertiary alicyclic amines) is 1. The molecule has 1 aromatic rings. The second-order valence-corrected chi connectivity index (χ2v) is 5.63. The van der Waals surface area contributed by atoms with Crippen LogP contribution in [-0.4, -0.2) is 47.6 Å². The minimum atomic E-state index is -0.841. The van der Waals surface area contributed by atoms with Crippen LogP contribution >= 0.6 is 0 Å². The van der Waals surface area contributed by atoms with E-state index in [1.54, 1.807) is 6.92 Å². The smallest absolute Gasteiger partial charge is 0.269 e. The van der Waals surface area contributed by atoms with Gasteiger partial charge in [0.1, 0.15) is 6.17 Å². The summed E-state index contributed by atoms with van der Waals surface area (Å²) < 4.78 is 12.9.